The molecule has 2 heterocycles. The second kappa shape index (κ2) is 6.27. The Balaban J connectivity index is 1.85. The molecule has 6 rings (SSSR count). The highest BCUT2D eigenvalue weighted by atomic mass is 16.5. The summed E-state index contributed by atoms with van der Waals surface area (Å²) in [5, 5.41) is 11.1. The molecule has 1 aromatic carbocycles. The maximum atomic E-state index is 14.2. The van der Waals surface area contributed by atoms with E-state index in [0.717, 1.165) is 17.5 Å². The zero-order valence-corrected chi connectivity index (χ0v) is 22.8. The van der Waals surface area contributed by atoms with E-state index in [4.69, 9.17) is 20.6 Å². The number of carbonyl (C=O) groups excluding carboxylic acids is 1. The number of ether oxygens (including phenoxy) is 1. The summed E-state index contributed by atoms with van der Waals surface area (Å²) in [6.45, 7) is 21.0. The van der Waals surface area contributed by atoms with Crippen LogP contribution < -0.4 is 4.74 Å². The van der Waals surface area contributed by atoms with E-state index in [1.807, 2.05) is 27.7 Å². The molecule has 2 aliphatic heterocycles. The predicted molar refractivity (Wildman–Crippen MR) is 136 cm³/mol. The molecular formula is C30H43NO4. The molecule has 8 atom stereocenters. The Kier molecular flexibility index (Phi) is 3.34. The minimum atomic E-state index is -2.48. The fourth-order valence-corrected chi connectivity index (χ4v) is 9.33. The average Bonchev–Trinajstić information content (AvgIpc) is 3.37. The third kappa shape index (κ3) is 2.17. The predicted octanol–water partition coefficient (Wildman–Crippen LogP) is 4.93. The molecule has 1 aromatic rings. The quantitative estimate of drug-likeness (QED) is 0.632. The lowest BCUT2D eigenvalue weighted by atomic mass is 9.36. The molecule has 5 nitrogen and oxygen atoms in total. The molecule has 3 aliphatic carbocycles. The van der Waals surface area contributed by atoms with Crippen molar-refractivity contribution in [3.8, 4) is 11.5 Å². The summed E-state index contributed by atoms with van der Waals surface area (Å²) < 4.78 is 51.1. The molecule has 0 amide bonds. The van der Waals surface area contributed by atoms with Crippen molar-refractivity contribution >= 4 is 5.78 Å². The van der Waals surface area contributed by atoms with Crippen LogP contribution in [0.15, 0.2) is 0 Å². The number of piperidine rings is 1. The molecule has 5 aliphatic rings. The van der Waals surface area contributed by atoms with Crippen molar-refractivity contribution in [2.45, 2.75) is 129 Å². The first-order chi connectivity index (χ1) is 18.2. The van der Waals surface area contributed by atoms with Crippen LogP contribution in [0.5, 0.6) is 11.5 Å². The van der Waals surface area contributed by atoms with Crippen LogP contribution in [0.1, 0.15) is 101 Å². The SMILES string of the molecule is [2H]Oc1c(C)c(C)c2c3c1O[C@@]1([2H])C(=O)C([2H])([2H])C[C@@]4(O[2H])[C@H](N(C(C)C5(C)CC5C)C(C)C(C)(C)[C@]314)C2(C)C. The Morgan fingerprint density at radius 3 is 2.40 bits per heavy atom. The van der Waals surface area contributed by atoms with Crippen molar-refractivity contribution in [3.05, 3.63) is 22.3 Å². The first-order valence-corrected chi connectivity index (χ1v) is 13.2. The van der Waals surface area contributed by atoms with Crippen LogP contribution >= 0.6 is 0 Å². The lowest BCUT2D eigenvalue weighted by molar-refractivity contribution is -0.267. The summed E-state index contributed by atoms with van der Waals surface area (Å²) in [5.41, 5.74) is -1.65. The lowest BCUT2D eigenvalue weighted by Gasteiger charge is -2.75. The summed E-state index contributed by atoms with van der Waals surface area (Å²) in [7, 11) is 0. The molecule has 2 saturated carbocycles. The molecule has 1 saturated heterocycles. The highest BCUT2D eigenvalue weighted by molar-refractivity contribution is 5.91. The summed E-state index contributed by atoms with van der Waals surface area (Å²) in [5.74, 6) is -0.181. The Hall–Kier alpha value is -1.59. The van der Waals surface area contributed by atoms with Gasteiger partial charge in [0.25, 0.3) is 1.43 Å². The van der Waals surface area contributed by atoms with Crippen LogP contribution in [0, 0.1) is 30.6 Å². The molecule has 4 unspecified atom stereocenters. The van der Waals surface area contributed by atoms with Crippen molar-refractivity contribution < 1.29 is 23.9 Å². The number of nitrogens with zero attached hydrogens (tertiary/aromatic N) is 1. The van der Waals surface area contributed by atoms with E-state index >= 15 is 0 Å². The molecule has 0 radical (unpaired) electrons. The summed E-state index contributed by atoms with van der Waals surface area (Å²) >= 11 is 0. The second-order valence-corrected chi connectivity index (χ2v) is 13.7. The summed E-state index contributed by atoms with van der Waals surface area (Å²) in [6, 6.07) is -0.670. The van der Waals surface area contributed by atoms with Gasteiger partial charge in [0.15, 0.2) is 23.4 Å². The molecule has 5 heteroatoms. The van der Waals surface area contributed by atoms with Gasteiger partial charge in [0, 0.05) is 38.2 Å². The highest BCUT2D eigenvalue weighted by Gasteiger charge is 2.83. The number of phenols is 1. The van der Waals surface area contributed by atoms with E-state index in [0.29, 0.717) is 17.0 Å². The minimum Gasteiger partial charge on any atom is -0.504 e. The number of benzene rings is 1. The van der Waals surface area contributed by atoms with Crippen molar-refractivity contribution in [1.82, 2.24) is 4.90 Å². The van der Waals surface area contributed by atoms with Crippen molar-refractivity contribution in [2.24, 2.45) is 16.7 Å². The third-order valence-corrected chi connectivity index (χ3v) is 11.9. The van der Waals surface area contributed by atoms with Crippen molar-refractivity contribution in [1.29, 1.82) is 2.86 Å². The standard InChI is InChI=1S/C30H43NO4/c1-14-13-28(14,10)18(5)31-17(4)27(8,9)30-21-20-15(2)16(3)22(33)23(21)35-24(30)19(32)11-12-29(30,34)25(31)26(20,6)7/h14,17-18,24-25,33-34H,11-13H2,1-10H3/t14?,17?,18?,24-,25+,28?,29+,30-/m0/s1/i11D2,24D,34D/hD. The lowest BCUT2D eigenvalue weighted by Crippen LogP contribution is -2.87. The van der Waals surface area contributed by atoms with Gasteiger partial charge in [-0.3, -0.25) is 9.69 Å². The van der Waals surface area contributed by atoms with Crippen LogP contribution in [0.2, 0.25) is 0 Å². The minimum absolute atomic E-state index is 0.0290. The van der Waals surface area contributed by atoms with Gasteiger partial charge < -0.3 is 15.0 Å². The molecule has 35 heavy (non-hydrogen) atoms. The number of likely N-dealkylation sites (tertiary alicyclic amines) is 1. The Morgan fingerprint density at radius 1 is 1.17 bits per heavy atom. The van der Waals surface area contributed by atoms with Crippen LogP contribution in [0.4, 0.5) is 0 Å². The van der Waals surface area contributed by atoms with Crippen LogP contribution in [-0.4, -0.2) is 53.6 Å². The molecule has 192 valence electrons. The molecule has 1 spiro atoms. The number of phenolic OH excluding ortho intramolecular Hbond substituents is 1. The molecule has 2 N–H and O–H groups in total. The number of rotatable bonds is 4. The fraction of sp³-hybridized carbons (Fsp3) is 0.767. The smallest absolute Gasteiger partial charge is 0.293 e. The van der Waals surface area contributed by atoms with Crippen LogP contribution in [-0.2, 0) is 15.6 Å². The monoisotopic (exact) mass is 486 g/mol. The van der Waals surface area contributed by atoms with Crippen molar-refractivity contribution in [2.75, 3.05) is 0 Å². The van der Waals surface area contributed by atoms with E-state index in [1.54, 1.807) is 0 Å². The third-order valence-electron chi connectivity index (χ3n) is 11.9. The van der Waals surface area contributed by atoms with Crippen molar-refractivity contribution in [3.63, 3.8) is 0 Å². The van der Waals surface area contributed by atoms with E-state index in [2.05, 4.69) is 46.4 Å². The Bertz CT molecular complexity index is 1360. The van der Waals surface area contributed by atoms with Gasteiger partial charge in [-0.25, -0.2) is 0 Å². The van der Waals surface area contributed by atoms with Gasteiger partial charge in [0.2, 0.25) is 1.43 Å². The number of hydrogen-bond acceptors (Lipinski definition) is 5. The van der Waals surface area contributed by atoms with Gasteiger partial charge >= 0.3 is 0 Å². The number of aromatic hydroxyl groups is 1. The van der Waals surface area contributed by atoms with E-state index < -0.39 is 46.1 Å². The molecule has 0 aromatic heterocycles. The Labute approximate surface area is 217 Å². The summed E-state index contributed by atoms with van der Waals surface area (Å²) in [4.78, 5) is 16.7. The van der Waals surface area contributed by atoms with Gasteiger partial charge in [-0.05, 0) is 74.0 Å². The maximum absolute atomic E-state index is 14.2. The summed E-state index contributed by atoms with van der Waals surface area (Å²) in [6.07, 6.45) is -4.21. The topological polar surface area (TPSA) is 70.0 Å². The first-order valence-electron chi connectivity index (χ1n) is 15.5. The normalized spacial score (nSPS) is 50.5. The van der Waals surface area contributed by atoms with Gasteiger partial charge in [-0.15, -0.1) is 0 Å². The van der Waals surface area contributed by atoms with Gasteiger partial charge in [0.1, 0.15) is 0 Å². The van der Waals surface area contributed by atoms with Crippen LogP contribution in [0.3, 0.4) is 0 Å². The number of hydrogen-bond donors (Lipinski definition) is 2. The zero-order chi connectivity index (χ0) is 30.0. The fourth-order valence-electron chi connectivity index (χ4n) is 9.33. The largest absolute Gasteiger partial charge is 0.504 e. The average molecular weight is 487 g/mol. The van der Waals surface area contributed by atoms with Gasteiger partial charge in [0.05, 0.1) is 12.4 Å². The first kappa shape index (κ1) is 18.6. The zero-order valence-electron chi connectivity index (χ0n) is 27.8. The number of aliphatic hydroxyl groups is 1. The van der Waals surface area contributed by atoms with E-state index in [1.165, 1.54) is 0 Å². The number of ketones is 1. The highest BCUT2D eigenvalue weighted by Crippen LogP contribution is 2.75. The van der Waals surface area contributed by atoms with E-state index in [-0.39, 0.29) is 35.4 Å². The molecule has 3 fully saturated rings. The molecule has 2 bridgehead atoms. The van der Waals surface area contributed by atoms with Gasteiger partial charge in [-0.2, -0.15) is 0 Å². The number of Topliss-reactive ketones (excluding diaryl/α,β-unsaturated/α-hetero) is 1. The Morgan fingerprint density at radius 2 is 1.83 bits per heavy atom. The second-order valence-electron chi connectivity index (χ2n) is 13.7. The maximum Gasteiger partial charge on any atom is 0.293 e. The van der Waals surface area contributed by atoms with Gasteiger partial charge in [-0.1, -0.05) is 41.5 Å². The van der Waals surface area contributed by atoms with Crippen LogP contribution in [0.25, 0.3) is 0 Å². The molecular weight excluding hydrogens is 438 g/mol. The number of carbonyl (C=O) groups is 1. The van der Waals surface area contributed by atoms with E-state index in [9.17, 15) is 6.17 Å².